The van der Waals surface area contributed by atoms with Crippen molar-refractivity contribution in [2.75, 3.05) is 14.1 Å². The van der Waals surface area contributed by atoms with Crippen LogP contribution < -0.4 is 0 Å². The molecule has 2 aliphatic carbocycles. The molecule has 1 saturated carbocycles. The molecule has 2 N–H and O–H groups in total. The van der Waals surface area contributed by atoms with Gasteiger partial charge in [-0.15, -0.1) is 0 Å². The molecule has 1 fully saturated rings. The topological polar surface area (TPSA) is 60.8 Å². The molecule has 0 aliphatic heterocycles. The summed E-state index contributed by atoms with van der Waals surface area (Å²) in [6, 6.07) is 0. The molecular formula is C23H41NO3. The van der Waals surface area contributed by atoms with Gasteiger partial charge in [-0.05, 0) is 69.1 Å². The van der Waals surface area contributed by atoms with Crippen molar-refractivity contribution >= 4 is 5.91 Å². The van der Waals surface area contributed by atoms with Gasteiger partial charge >= 0.3 is 0 Å². The largest absolute Gasteiger partial charge is 0.393 e. The summed E-state index contributed by atoms with van der Waals surface area (Å²) in [6.07, 6.45) is 14.0. The fourth-order valence-corrected chi connectivity index (χ4v) is 5.00. The second kappa shape index (κ2) is 11.2. The second-order valence-corrected chi connectivity index (χ2v) is 9.05. The summed E-state index contributed by atoms with van der Waals surface area (Å²) < 4.78 is 0. The Hall–Kier alpha value is -0.870. The van der Waals surface area contributed by atoms with E-state index in [1.807, 2.05) is 14.1 Å². The first-order chi connectivity index (χ1) is 12.9. The van der Waals surface area contributed by atoms with E-state index in [4.69, 9.17) is 0 Å². The maximum atomic E-state index is 11.7. The highest BCUT2D eigenvalue weighted by molar-refractivity contribution is 5.75. The SMILES string of the molecule is CCCCC[C@@H](O)CC[C@@H]1[C@H]2CC(CCCCC(=O)N(C)C)=C[C@H]2C[C@H]1O. The number of fused-ring (bicyclic) bond motifs is 1. The van der Waals surface area contributed by atoms with Gasteiger partial charge in [0.15, 0.2) is 0 Å². The van der Waals surface area contributed by atoms with Crippen molar-refractivity contribution in [3.8, 4) is 0 Å². The Morgan fingerprint density at radius 1 is 1.22 bits per heavy atom. The Kier molecular flexibility index (Phi) is 9.31. The minimum Gasteiger partial charge on any atom is -0.393 e. The van der Waals surface area contributed by atoms with E-state index in [1.54, 1.807) is 4.90 Å². The summed E-state index contributed by atoms with van der Waals surface area (Å²) >= 11 is 0. The molecular weight excluding hydrogens is 338 g/mol. The van der Waals surface area contributed by atoms with Crippen LogP contribution in [0.2, 0.25) is 0 Å². The third kappa shape index (κ3) is 6.90. The van der Waals surface area contributed by atoms with Gasteiger partial charge in [0, 0.05) is 20.5 Å². The lowest BCUT2D eigenvalue weighted by atomic mass is 9.85. The van der Waals surface area contributed by atoms with Gasteiger partial charge in [-0.2, -0.15) is 0 Å². The summed E-state index contributed by atoms with van der Waals surface area (Å²) in [6.45, 7) is 2.19. The summed E-state index contributed by atoms with van der Waals surface area (Å²) in [5.74, 6) is 1.66. The first kappa shape index (κ1) is 22.4. The smallest absolute Gasteiger partial charge is 0.222 e. The summed E-state index contributed by atoms with van der Waals surface area (Å²) in [4.78, 5) is 13.3. The number of hydrogen-bond donors (Lipinski definition) is 2. The lowest BCUT2D eigenvalue weighted by Crippen LogP contribution is -2.21. The molecule has 1 amide bonds. The molecule has 0 aromatic rings. The van der Waals surface area contributed by atoms with Crippen LogP contribution >= 0.6 is 0 Å². The number of carbonyl (C=O) groups excluding carboxylic acids is 1. The normalized spacial score (nSPS) is 28.1. The van der Waals surface area contributed by atoms with Gasteiger partial charge < -0.3 is 15.1 Å². The van der Waals surface area contributed by atoms with Crippen LogP contribution in [0.1, 0.15) is 84.0 Å². The number of hydrogen-bond acceptors (Lipinski definition) is 3. The van der Waals surface area contributed by atoms with Crippen LogP contribution in [0.4, 0.5) is 0 Å². The van der Waals surface area contributed by atoms with Crippen LogP contribution in [0, 0.1) is 17.8 Å². The Balaban J connectivity index is 1.70. The lowest BCUT2D eigenvalue weighted by Gasteiger charge is -2.23. The highest BCUT2D eigenvalue weighted by atomic mass is 16.3. The van der Waals surface area contributed by atoms with Crippen LogP contribution in [0.15, 0.2) is 11.6 Å². The molecule has 0 unspecified atom stereocenters. The van der Waals surface area contributed by atoms with E-state index in [2.05, 4.69) is 13.0 Å². The van der Waals surface area contributed by atoms with Gasteiger partial charge in [-0.1, -0.05) is 37.8 Å². The van der Waals surface area contributed by atoms with Crippen LogP contribution in [0.25, 0.3) is 0 Å². The Morgan fingerprint density at radius 2 is 2.00 bits per heavy atom. The van der Waals surface area contributed by atoms with Crippen LogP contribution in [0.5, 0.6) is 0 Å². The molecule has 5 atom stereocenters. The van der Waals surface area contributed by atoms with Crippen molar-refractivity contribution < 1.29 is 15.0 Å². The second-order valence-electron chi connectivity index (χ2n) is 9.05. The minimum absolute atomic E-state index is 0.196. The predicted molar refractivity (Wildman–Crippen MR) is 110 cm³/mol. The van der Waals surface area contributed by atoms with Crippen molar-refractivity contribution in [1.29, 1.82) is 0 Å². The van der Waals surface area contributed by atoms with E-state index in [0.717, 1.165) is 57.8 Å². The molecule has 0 saturated heterocycles. The molecule has 0 aromatic heterocycles. The van der Waals surface area contributed by atoms with E-state index >= 15 is 0 Å². The Morgan fingerprint density at radius 3 is 2.70 bits per heavy atom. The highest BCUT2D eigenvalue weighted by Crippen LogP contribution is 2.49. The van der Waals surface area contributed by atoms with Gasteiger partial charge in [0.2, 0.25) is 5.91 Å². The number of amides is 1. The fourth-order valence-electron chi connectivity index (χ4n) is 5.00. The number of unbranched alkanes of at least 4 members (excludes halogenated alkanes) is 3. The molecule has 27 heavy (non-hydrogen) atoms. The van der Waals surface area contributed by atoms with Gasteiger partial charge in [-0.25, -0.2) is 0 Å². The van der Waals surface area contributed by atoms with E-state index in [-0.39, 0.29) is 18.1 Å². The van der Waals surface area contributed by atoms with Crippen molar-refractivity contribution in [2.24, 2.45) is 17.8 Å². The van der Waals surface area contributed by atoms with Crippen molar-refractivity contribution in [1.82, 2.24) is 4.90 Å². The van der Waals surface area contributed by atoms with E-state index in [9.17, 15) is 15.0 Å². The number of aliphatic hydroxyl groups excluding tert-OH is 2. The van der Waals surface area contributed by atoms with Crippen LogP contribution in [0.3, 0.4) is 0 Å². The standard InChI is InChI=1S/C23H41NO3/c1-4-5-6-10-19(25)12-13-20-21-15-17(14-18(21)16-22(20)26)9-7-8-11-23(27)24(2)3/h14,18-22,25-26H,4-13,15-16H2,1-3H3/t18-,19+,20+,21-,22+/m0/s1. The third-order valence-corrected chi connectivity index (χ3v) is 6.67. The molecule has 0 spiro atoms. The number of carbonyl (C=O) groups is 1. The van der Waals surface area contributed by atoms with Gasteiger partial charge in [0.25, 0.3) is 0 Å². The Labute approximate surface area is 166 Å². The molecule has 4 heteroatoms. The van der Waals surface area contributed by atoms with Gasteiger partial charge in [-0.3, -0.25) is 4.79 Å². The van der Waals surface area contributed by atoms with Crippen LogP contribution in [-0.2, 0) is 4.79 Å². The van der Waals surface area contributed by atoms with Gasteiger partial charge in [0.05, 0.1) is 12.2 Å². The quantitative estimate of drug-likeness (QED) is 0.392. The highest BCUT2D eigenvalue weighted by Gasteiger charge is 2.44. The fraction of sp³-hybridized carbons (Fsp3) is 0.870. The van der Waals surface area contributed by atoms with E-state index in [0.29, 0.717) is 24.2 Å². The third-order valence-electron chi connectivity index (χ3n) is 6.67. The summed E-state index contributed by atoms with van der Waals surface area (Å²) in [7, 11) is 3.63. The zero-order valence-corrected chi connectivity index (χ0v) is 17.7. The summed E-state index contributed by atoms with van der Waals surface area (Å²) in [5, 5.41) is 20.7. The molecule has 0 radical (unpaired) electrons. The van der Waals surface area contributed by atoms with Crippen LogP contribution in [-0.4, -0.2) is 47.3 Å². The average molecular weight is 380 g/mol. The minimum atomic E-state index is -0.203. The van der Waals surface area contributed by atoms with Crippen molar-refractivity contribution in [3.63, 3.8) is 0 Å². The monoisotopic (exact) mass is 379 g/mol. The molecule has 2 aliphatic rings. The predicted octanol–water partition coefficient (Wildman–Crippen LogP) is 4.30. The van der Waals surface area contributed by atoms with Gasteiger partial charge in [0.1, 0.15) is 0 Å². The zero-order chi connectivity index (χ0) is 19.8. The van der Waals surface area contributed by atoms with E-state index < -0.39 is 0 Å². The molecule has 0 aromatic carbocycles. The first-order valence-corrected chi connectivity index (χ1v) is 11.2. The van der Waals surface area contributed by atoms with E-state index in [1.165, 1.54) is 18.4 Å². The Bertz CT molecular complexity index is 488. The number of nitrogens with zero attached hydrogens (tertiary/aromatic N) is 1. The first-order valence-electron chi connectivity index (χ1n) is 11.2. The van der Waals surface area contributed by atoms with Crippen molar-refractivity contribution in [2.45, 2.75) is 96.2 Å². The molecule has 4 nitrogen and oxygen atoms in total. The molecule has 156 valence electrons. The number of aliphatic hydroxyl groups is 2. The zero-order valence-electron chi connectivity index (χ0n) is 17.7. The number of allylic oxidation sites excluding steroid dienone is 2. The maximum Gasteiger partial charge on any atom is 0.222 e. The molecule has 2 rings (SSSR count). The van der Waals surface area contributed by atoms with Crippen molar-refractivity contribution in [3.05, 3.63) is 11.6 Å². The maximum absolute atomic E-state index is 11.7. The molecule has 0 heterocycles. The number of rotatable bonds is 12. The summed E-state index contributed by atoms with van der Waals surface area (Å²) in [5.41, 5.74) is 1.53. The average Bonchev–Trinajstić information content (AvgIpc) is 3.13. The molecule has 0 bridgehead atoms. The lowest BCUT2D eigenvalue weighted by molar-refractivity contribution is -0.128.